The van der Waals surface area contributed by atoms with E-state index in [4.69, 9.17) is 0 Å². The van der Waals surface area contributed by atoms with Crippen LogP contribution >= 0.6 is 11.9 Å². The summed E-state index contributed by atoms with van der Waals surface area (Å²) in [6, 6.07) is 9.70. The fourth-order valence-corrected chi connectivity index (χ4v) is 1.17. The molecule has 1 rings (SSSR count). The molecule has 0 aliphatic rings. The summed E-state index contributed by atoms with van der Waals surface area (Å²) in [5, 5.41) is 0. The molecule has 0 saturated carbocycles. The van der Waals surface area contributed by atoms with E-state index in [0.29, 0.717) is 0 Å². The predicted octanol–water partition coefficient (Wildman–Crippen LogP) is 2.86. The largest absolute Gasteiger partial charge is 0.296 e. The van der Waals surface area contributed by atoms with Crippen molar-refractivity contribution in [3.63, 3.8) is 0 Å². The molecule has 0 atom stereocenters. The fourth-order valence-electron chi connectivity index (χ4n) is 0.619. The van der Waals surface area contributed by atoms with Crippen LogP contribution < -0.4 is 4.72 Å². The molecule has 13 heavy (non-hydrogen) atoms. The van der Waals surface area contributed by atoms with Gasteiger partial charge in [0.1, 0.15) is 0 Å². The maximum Gasteiger partial charge on any atom is 0.226 e. The summed E-state index contributed by atoms with van der Waals surface area (Å²) in [4.78, 5) is 11.5. The van der Waals surface area contributed by atoms with Gasteiger partial charge < -0.3 is 0 Å². The monoisotopic (exact) mass is 197 g/mol. The first-order valence-corrected chi connectivity index (χ1v) is 5.09. The molecule has 1 aromatic rings. The van der Waals surface area contributed by atoms with Gasteiger partial charge in [-0.25, -0.2) is 0 Å². The Bertz CT molecular complexity index is 236. The SMILES string of the molecule is CC.CC(=O)NSc1ccccc1. The quantitative estimate of drug-likeness (QED) is 0.739. The lowest BCUT2D eigenvalue weighted by molar-refractivity contribution is -0.117. The number of carbonyl (C=O) groups excluding carboxylic acids is 1. The Hall–Kier alpha value is -0.960. The van der Waals surface area contributed by atoms with Crippen LogP contribution in [0.3, 0.4) is 0 Å². The molecule has 2 nitrogen and oxygen atoms in total. The van der Waals surface area contributed by atoms with Gasteiger partial charge in [0, 0.05) is 11.8 Å². The van der Waals surface area contributed by atoms with Crippen LogP contribution in [0.1, 0.15) is 20.8 Å². The van der Waals surface area contributed by atoms with Crippen LogP contribution in [0.25, 0.3) is 0 Å². The lowest BCUT2D eigenvalue weighted by Crippen LogP contribution is -2.09. The van der Waals surface area contributed by atoms with Gasteiger partial charge in [-0.1, -0.05) is 32.0 Å². The first kappa shape index (κ1) is 12.0. The van der Waals surface area contributed by atoms with E-state index in [2.05, 4.69) is 4.72 Å². The molecular formula is C10H15NOS. The van der Waals surface area contributed by atoms with Gasteiger partial charge in [0.25, 0.3) is 0 Å². The van der Waals surface area contributed by atoms with Crippen LogP contribution in [0.5, 0.6) is 0 Å². The Labute approximate surface area is 83.9 Å². The Morgan fingerprint density at radius 1 is 1.23 bits per heavy atom. The molecule has 0 heterocycles. The van der Waals surface area contributed by atoms with Crippen molar-refractivity contribution in [2.24, 2.45) is 0 Å². The van der Waals surface area contributed by atoms with E-state index in [1.54, 1.807) is 0 Å². The Morgan fingerprint density at radius 2 is 1.77 bits per heavy atom. The number of hydrogen-bond donors (Lipinski definition) is 1. The molecule has 1 N–H and O–H groups in total. The maximum absolute atomic E-state index is 10.5. The van der Waals surface area contributed by atoms with E-state index < -0.39 is 0 Å². The van der Waals surface area contributed by atoms with Crippen molar-refractivity contribution >= 4 is 17.9 Å². The lowest BCUT2D eigenvalue weighted by Gasteiger charge is -1.98. The van der Waals surface area contributed by atoms with Crippen LogP contribution in [0, 0.1) is 0 Å². The Balaban J connectivity index is 0.000000671. The minimum Gasteiger partial charge on any atom is -0.296 e. The van der Waals surface area contributed by atoms with Crippen LogP contribution in [0.4, 0.5) is 0 Å². The second-order valence-electron chi connectivity index (χ2n) is 2.07. The molecule has 0 unspecified atom stereocenters. The third-order valence-corrected chi connectivity index (χ3v) is 1.95. The second-order valence-corrected chi connectivity index (χ2v) is 2.95. The zero-order valence-corrected chi connectivity index (χ0v) is 9.02. The van der Waals surface area contributed by atoms with Gasteiger partial charge in [-0.05, 0) is 24.1 Å². The number of nitrogens with one attached hydrogen (secondary N) is 1. The summed E-state index contributed by atoms with van der Waals surface area (Å²) in [6.45, 7) is 5.50. The van der Waals surface area contributed by atoms with Gasteiger partial charge in [0.15, 0.2) is 0 Å². The maximum atomic E-state index is 10.5. The highest BCUT2D eigenvalue weighted by atomic mass is 32.2. The smallest absolute Gasteiger partial charge is 0.226 e. The molecule has 0 aromatic heterocycles. The van der Waals surface area contributed by atoms with Crippen molar-refractivity contribution in [1.29, 1.82) is 0 Å². The van der Waals surface area contributed by atoms with Crippen molar-refractivity contribution in [3.8, 4) is 0 Å². The fraction of sp³-hybridized carbons (Fsp3) is 0.300. The molecule has 0 aliphatic carbocycles. The van der Waals surface area contributed by atoms with Gasteiger partial charge in [-0.15, -0.1) is 0 Å². The normalized spacial score (nSPS) is 8.23. The van der Waals surface area contributed by atoms with E-state index >= 15 is 0 Å². The van der Waals surface area contributed by atoms with Crippen LogP contribution in [0.2, 0.25) is 0 Å². The zero-order valence-electron chi connectivity index (χ0n) is 8.20. The van der Waals surface area contributed by atoms with E-state index in [-0.39, 0.29) is 5.91 Å². The lowest BCUT2D eigenvalue weighted by atomic mass is 10.4. The summed E-state index contributed by atoms with van der Waals surface area (Å²) in [6.07, 6.45) is 0. The second kappa shape index (κ2) is 7.68. The molecule has 0 bridgehead atoms. The van der Waals surface area contributed by atoms with Gasteiger partial charge in [-0.2, -0.15) is 0 Å². The average Bonchev–Trinajstić information content (AvgIpc) is 2.19. The minimum absolute atomic E-state index is 0.0288. The molecule has 1 aromatic carbocycles. The number of carbonyl (C=O) groups is 1. The summed E-state index contributed by atoms with van der Waals surface area (Å²) < 4.78 is 2.64. The number of amides is 1. The first-order valence-electron chi connectivity index (χ1n) is 4.27. The Morgan fingerprint density at radius 3 is 2.23 bits per heavy atom. The third kappa shape index (κ3) is 6.22. The first-order chi connectivity index (χ1) is 6.29. The van der Waals surface area contributed by atoms with E-state index in [1.807, 2.05) is 44.2 Å². The summed E-state index contributed by atoms with van der Waals surface area (Å²) >= 11 is 1.33. The van der Waals surface area contributed by atoms with Crippen molar-refractivity contribution in [1.82, 2.24) is 4.72 Å². The van der Waals surface area contributed by atoms with Crippen LogP contribution in [0.15, 0.2) is 35.2 Å². The highest BCUT2D eigenvalue weighted by Crippen LogP contribution is 2.12. The number of hydrogen-bond acceptors (Lipinski definition) is 2. The topological polar surface area (TPSA) is 29.1 Å². The molecule has 0 fully saturated rings. The molecule has 72 valence electrons. The number of rotatable bonds is 2. The van der Waals surface area contributed by atoms with Crippen molar-refractivity contribution in [2.75, 3.05) is 0 Å². The van der Waals surface area contributed by atoms with Crippen LogP contribution in [-0.4, -0.2) is 5.91 Å². The molecule has 1 amide bonds. The van der Waals surface area contributed by atoms with Gasteiger partial charge in [0.2, 0.25) is 5.91 Å². The minimum atomic E-state index is -0.0288. The van der Waals surface area contributed by atoms with Crippen molar-refractivity contribution in [3.05, 3.63) is 30.3 Å². The van der Waals surface area contributed by atoms with Gasteiger partial charge >= 0.3 is 0 Å². The molecule has 0 saturated heterocycles. The van der Waals surface area contributed by atoms with Gasteiger partial charge in [-0.3, -0.25) is 9.52 Å². The zero-order chi connectivity index (χ0) is 10.1. The molecular weight excluding hydrogens is 182 g/mol. The van der Waals surface area contributed by atoms with Crippen molar-refractivity contribution in [2.45, 2.75) is 25.7 Å². The summed E-state index contributed by atoms with van der Waals surface area (Å²) in [7, 11) is 0. The van der Waals surface area contributed by atoms with E-state index in [0.717, 1.165) is 4.90 Å². The Kier molecular flexibility index (Phi) is 7.11. The van der Waals surface area contributed by atoms with Crippen LogP contribution in [-0.2, 0) is 4.79 Å². The number of benzene rings is 1. The summed E-state index contributed by atoms with van der Waals surface area (Å²) in [5.74, 6) is -0.0288. The van der Waals surface area contributed by atoms with Crippen molar-refractivity contribution < 1.29 is 4.79 Å². The van der Waals surface area contributed by atoms with Gasteiger partial charge in [0.05, 0.1) is 0 Å². The highest BCUT2D eigenvalue weighted by molar-refractivity contribution is 7.98. The summed E-state index contributed by atoms with van der Waals surface area (Å²) in [5.41, 5.74) is 0. The van der Waals surface area contributed by atoms with E-state index in [9.17, 15) is 4.79 Å². The molecule has 0 radical (unpaired) electrons. The molecule has 3 heteroatoms. The predicted molar refractivity (Wildman–Crippen MR) is 57.5 cm³/mol. The highest BCUT2D eigenvalue weighted by Gasteiger charge is 1.92. The van der Waals surface area contributed by atoms with E-state index in [1.165, 1.54) is 18.9 Å². The standard InChI is InChI=1S/C8H9NOS.C2H6/c1-7(10)9-11-8-5-3-2-4-6-8;1-2/h2-6H,1H3,(H,9,10);1-2H3. The molecule has 0 spiro atoms. The molecule has 0 aliphatic heterocycles. The third-order valence-electron chi connectivity index (χ3n) is 1.06. The average molecular weight is 197 g/mol.